The molecule has 86 valence electrons. The molecule has 0 aliphatic heterocycles. The van der Waals surface area contributed by atoms with Crippen molar-refractivity contribution in [2.24, 2.45) is 0 Å². The molecule has 1 aromatic rings. The Balaban J connectivity index is 3.01. The Morgan fingerprint density at radius 1 is 1.31 bits per heavy atom. The molecule has 6 heteroatoms. The van der Waals surface area contributed by atoms with Crippen molar-refractivity contribution in [3.8, 4) is 0 Å². The summed E-state index contributed by atoms with van der Waals surface area (Å²) in [6.07, 6.45) is -3.13. The first-order valence-electron chi connectivity index (χ1n) is 4.19. The summed E-state index contributed by atoms with van der Waals surface area (Å²) in [5.41, 5.74) is -0.975. The molecule has 0 aliphatic rings. The van der Waals surface area contributed by atoms with Gasteiger partial charge in [-0.3, -0.25) is 4.79 Å². The van der Waals surface area contributed by atoms with Crippen molar-refractivity contribution in [3.05, 3.63) is 41.1 Å². The van der Waals surface area contributed by atoms with E-state index in [0.29, 0.717) is 6.29 Å². The van der Waals surface area contributed by atoms with E-state index >= 15 is 0 Å². The zero-order valence-corrected chi connectivity index (χ0v) is 8.64. The van der Waals surface area contributed by atoms with Crippen LogP contribution in [0.15, 0.2) is 35.5 Å². The first kappa shape index (κ1) is 12.6. The van der Waals surface area contributed by atoms with Gasteiger partial charge in [0, 0.05) is 6.20 Å². The van der Waals surface area contributed by atoms with Gasteiger partial charge in [0.2, 0.25) is 0 Å². The van der Waals surface area contributed by atoms with Crippen molar-refractivity contribution in [1.82, 2.24) is 0 Å². The van der Waals surface area contributed by atoms with Gasteiger partial charge in [-0.05, 0) is 12.1 Å². The van der Waals surface area contributed by atoms with Gasteiger partial charge in [-0.25, -0.2) is 0 Å². The van der Waals surface area contributed by atoms with E-state index in [9.17, 15) is 18.0 Å². The van der Waals surface area contributed by atoms with Gasteiger partial charge >= 0.3 is 6.18 Å². The Morgan fingerprint density at radius 3 is 2.50 bits per heavy atom. The number of aldehydes is 1. The van der Waals surface area contributed by atoms with Crippen molar-refractivity contribution >= 4 is 23.6 Å². The second-order valence-corrected chi connectivity index (χ2v) is 3.27. The van der Waals surface area contributed by atoms with Gasteiger partial charge in [0.1, 0.15) is 0 Å². The number of para-hydroxylation sites is 1. The topological polar surface area (TPSA) is 29.1 Å². The average molecular weight is 250 g/mol. The highest BCUT2D eigenvalue weighted by Gasteiger charge is 2.32. The summed E-state index contributed by atoms with van der Waals surface area (Å²) in [7, 11) is 0. The maximum atomic E-state index is 12.5. The third-order valence-corrected chi connectivity index (χ3v) is 1.91. The third-order valence-electron chi connectivity index (χ3n) is 1.71. The molecule has 0 aromatic heterocycles. The van der Waals surface area contributed by atoms with E-state index in [4.69, 9.17) is 11.6 Å². The highest BCUT2D eigenvalue weighted by molar-refractivity contribution is 6.38. The number of halogens is 4. The number of carbonyl (C=O) groups excluding carboxylic acids is 1. The molecule has 0 aliphatic carbocycles. The zero-order valence-electron chi connectivity index (χ0n) is 7.88. The molecule has 0 unspecified atom stereocenters. The van der Waals surface area contributed by atoms with Crippen molar-refractivity contribution in [2.75, 3.05) is 5.32 Å². The van der Waals surface area contributed by atoms with Gasteiger partial charge in [-0.2, -0.15) is 13.2 Å². The molecule has 2 nitrogen and oxygen atoms in total. The van der Waals surface area contributed by atoms with E-state index in [2.05, 4.69) is 5.32 Å². The largest absolute Gasteiger partial charge is 0.418 e. The number of hydrogen-bond donors (Lipinski definition) is 1. The monoisotopic (exact) mass is 249 g/mol. The molecule has 0 fully saturated rings. The fourth-order valence-corrected chi connectivity index (χ4v) is 1.09. The standard InChI is InChI=1S/C10H7ClF3NO/c11-7(6-16)5-15-9-4-2-1-3-8(9)10(12,13)14/h1-6,15H/b7-5-. The van der Waals surface area contributed by atoms with Gasteiger partial charge in [0.15, 0.2) is 6.29 Å². The molecule has 1 rings (SSSR count). The van der Waals surface area contributed by atoms with Crippen LogP contribution in [-0.2, 0) is 11.0 Å². The molecule has 1 aromatic carbocycles. The number of nitrogens with one attached hydrogen (secondary N) is 1. The van der Waals surface area contributed by atoms with Crippen LogP contribution in [0.25, 0.3) is 0 Å². The fraction of sp³-hybridized carbons (Fsp3) is 0.100. The van der Waals surface area contributed by atoms with E-state index in [-0.39, 0.29) is 10.7 Å². The first-order chi connectivity index (χ1) is 7.45. The second kappa shape index (κ2) is 5.03. The predicted octanol–water partition coefficient (Wildman–Crippen LogP) is 3.40. The number of alkyl halides is 3. The van der Waals surface area contributed by atoms with Gasteiger partial charge in [-0.15, -0.1) is 0 Å². The lowest BCUT2D eigenvalue weighted by Crippen LogP contribution is -2.08. The normalized spacial score (nSPS) is 12.4. The quantitative estimate of drug-likeness (QED) is 0.657. The van der Waals surface area contributed by atoms with E-state index in [1.54, 1.807) is 0 Å². The maximum Gasteiger partial charge on any atom is 0.418 e. The summed E-state index contributed by atoms with van der Waals surface area (Å²) >= 11 is 5.33. The lowest BCUT2D eigenvalue weighted by Gasteiger charge is -2.11. The van der Waals surface area contributed by atoms with Crippen LogP contribution in [0.5, 0.6) is 0 Å². The molecule has 0 spiro atoms. The Hall–Kier alpha value is -1.49. The summed E-state index contributed by atoms with van der Waals surface area (Å²) in [4.78, 5) is 10.1. The van der Waals surface area contributed by atoms with Crippen LogP contribution in [0.4, 0.5) is 18.9 Å². The molecular formula is C10H7ClF3NO. The van der Waals surface area contributed by atoms with E-state index in [1.165, 1.54) is 18.2 Å². The Morgan fingerprint density at radius 2 is 1.94 bits per heavy atom. The molecule has 0 saturated heterocycles. The van der Waals surface area contributed by atoms with Crippen LogP contribution < -0.4 is 5.32 Å². The van der Waals surface area contributed by atoms with Crippen LogP contribution >= 0.6 is 11.6 Å². The van der Waals surface area contributed by atoms with Crippen LogP contribution in [0.1, 0.15) is 5.56 Å². The smallest absolute Gasteiger partial charge is 0.360 e. The molecule has 0 heterocycles. The lowest BCUT2D eigenvalue weighted by atomic mass is 10.1. The lowest BCUT2D eigenvalue weighted by molar-refractivity contribution is -0.136. The van der Waals surface area contributed by atoms with Crippen molar-refractivity contribution in [2.45, 2.75) is 6.18 Å². The minimum Gasteiger partial charge on any atom is -0.360 e. The molecule has 0 bridgehead atoms. The molecule has 16 heavy (non-hydrogen) atoms. The summed E-state index contributed by atoms with van der Waals surface area (Å²) in [5.74, 6) is 0. The number of anilines is 1. The maximum absolute atomic E-state index is 12.5. The van der Waals surface area contributed by atoms with E-state index in [1.807, 2.05) is 0 Å². The number of allylic oxidation sites excluding steroid dienone is 1. The van der Waals surface area contributed by atoms with E-state index in [0.717, 1.165) is 12.3 Å². The highest BCUT2D eigenvalue weighted by atomic mass is 35.5. The van der Waals surface area contributed by atoms with Crippen LogP contribution in [0, 0.1) is 0 Å². The third kappa shape index (κ3) is 3.27. The molecule has 0 radical (unpaired) electrons. The van der Waals surface area contributed by atoms with Crippen molar-refractivity contribution in [1.29, 1.82) is 0 Å². The highest BCUT2D eigenvalue weighted by Crippen LogP contribution is 2.34. The second-order valence-electron chi connectivity index (χ2n) is 2.83. The molecule has 0 amide bonds. The number of carbonyl (C=O) groups is 1. The van der Waals surface area contributed by atoms with Gasteiger partial charge in [0.25, 0.3) is 0 Å². The number of rotatable bonds is 3. The van der Waals surface area contributed by atoms with Crippen molar-refractivity contribution in [3.63, 3.8) is 0 Å². The summed E-state index contributed by atoms with van der Waals surface area (Å²) in [6.45, 7) is 0. The predicted molar refractivity (Wildman–Crippen MR) is 55.1 cm³/mol. The SMILES string of the molecule is O=C/C(Cl)=C/Nc1ccccc1C(F)(F)F. The van der Waals surface area contributed by atoms with Crippen LogP contribution in [-0.4, -0.2) is 6.29 Å². The number of benzene rings is 1. The summed E-state index contributed by atoms with van der Waals surface area (Å²) < 4.78 is 37.5. The average Bonchev–Trinajstić information content (AvgIpc) is 2.25. The molecule has 0 saturated carbocycles. The minimum absolute atomic E-state index is 0.157. The molecular weight excluding hydrogens is 243 g/mol. The summed E-state index contributed by atoms with van der Waals surface area (Å²) in [5, 5.41) is 2.11. The Bertz CT molecular complexity index is 415. The van der Waals surface area contributed by atoms with Crippen LogP contribution in [0.3, 0.4) is 0 Å². The van der Waals surface area contributed by atoms with E-state index < -0.39 is 11.7 Å². The summed E-state index contributed by atoms with van der Waals surface area (Å²) in [6, 6.07) is 4.90. The van der Waals surface area contributed by atoms with Crippen molar-refractivity contribution < 1.29 is 18.0 Å². The molecule has 0 atom stereocenters. The van der Waals surface area contributed by atoms with Gasteiger partial charge < -0.3 is 5.32 Å². The zero-order chi connectivity index (χ0) is 12.2. The van der Waals surface area contributed by atoms with Crippen LogP contribution in [0.2, 0.25) is 0 Å². The van der Waals surface area contributed by atoms with Gasteiger partial charge in [0.05, 0.1) is 16.3 Å². The molecule has 1 N–H and O–H groups in total. The van der Waals surface area contributed by atoms with Gasteiger partial charge in [-0.1, -0.05) is 23.7 Å². The Kier molecular flexibility index (Phi) is 3.95. The number of hydrogen-bond acceptors (Lipinski definition) is 2. The first-order valence-corrected chi connectivity index (χ1v) is 4.56. The fourth-order valence-electron chi connectivity index (χ4n) is 1.04. The Labute approximate surface area is 94.7 Å². The minimum atomic E-state index is -4.45.